The van der Waals surface area contributed by atoms with Crippen molar-refractivity contribution in [2.75, 3.05) is 5.73 Å². The molecule has 2 aromatic rings. The van der Waals surface area contributed by atoms with Crippen molar-refractivity contribution in [3.63, 3.8) is 0 Å². The number of halogens is 1. The second kappa shape index (κ2) is 3.67. The summed E-state index contributed by atoms with van der Waals surface area (Å²) in [5.74, 6) is 0.247. The molecule has 0 radical (unpaired) electrons. The molecule has 0 saturated heterocycles. The highest BCUT2D eigenvalue weighted by Crippen LogP contribution is 2.15. The average Bonchev–Trinajstić information content (AvgIpc) is 2.19. The Hall–Kier alpha value is -1.56. The number of nitrogen functional groups attached to an aromatic ring is 1. The lowest BCUT2D eigenvalue weighted by molar-refractivity contribution is 1.14. The minimum atomic E-state index is 0.247. The first-order valence-corrected chi connectivity index (χ1v) is 4.60. The maximum atomic E-state index is 5.37. The summed E-state index contributed by atoms with van der Waals surface area (Å²) >= 11 is 3.23. The van der Waals surface area contributed by atoms with Crippen molar-refractivity contribution in [2.24, 2.45) is 0 Å². The molecule has 0 aliphatic heterocycles. The molecule has 14 heavy (non-hydrogen) atoms. The van der Waals surface area contributed by atoms with Crippen molar-refractivity contribution in [3.05, 3.63) is 29.4 Å². The SMILES string of the molecule is Nc1ncc(-c2cncc(Br)n2)cn1. The summed E-state index contributed by atoms with van der Waals surface area (Å²) in [7, 11) is 0. The fourth-order valence-electron chi connectivity index (χ4n) is 0.952. The van der Waals surface area contributed by atoms with Gasteiger partial charge in [-0.05, 0) is 15.9 Å². The Labute approximate surface area is 88.6 Å². The molecule has 0 aliphatic rings. The van der Waals surface area contributed by atoms with E-state index >= 15 is 0 Å². The second-order valence-electron chi connectivity index (χ2n) is 2.56. The zero-order valence-electron chi connectivity index (χ0n) is 7.05. The molecule has 0 saturated carbocycles. The zero-order chi connectivity index (χ0) is 9.97. The molecule has 0 unspecified atom stereocenters. The average molecular weight is 252 g/mol. The van der Waals surface area contributed by atoms with Crippen molar-refractivity contribution in [1.29, 1.82) is 0 Å². The van der Waals surface area contributed by atoms with Crippen LogP contribution in [0, 0.1) is 0 Å². The first-order valence-electron chi connectivity index (χ1n) is 3.81. The Kier molecular flexibility index (Phi) is 2.36. The van der Waals surface area contributed by atoms with Gasteiger partial charge < -0.3 is 5.73 Å². The molecule has 0 atom stereocenters. The molecule has 6 heteroatoms. The zero-order valence-corrected chi connectivity index (χ0v) is 8.64. The minimum absolute atomic E-state index is 0.247. The van der Waals surface area contributed by atoms with Gasteiger partial charge in [-0.1, -0.05) is 0 Å². The summed E-state index contributed by atoms with van der Waals surface area (Å²) < 4.78 is 0.673. The predicted molar refractivity (Wildman–Crippen MR) is 55.2 cm³/mol. The van der Waals surface area contributed by atoms with E-state index in [1.807, 2.05) is 0 Å². The monoisotopic (exact) mass is 251 g/mol. The molecule has 0 amide bonds. The standard InChI is InChI=1S/C8H6BrN5/c9-7-4-11-3-6(14-7)5-1-12-8(10)13-2-5/h1-4H,(H2,10,12,13). The summed E-state index contributed by atoms with van der Waals surface area (Å²) in [6.45, 7) is 0. The Morgan fingerprint density at radius 3 is 2.43 bits per heavy atom. The fourth-order valence-corrected chi connectivity index (χ4v) is 1.26. The molecule has 0 fully saturated rings. The summed E-state index contributed by atoms with van der Waals surface area (Å²) in [4.78, 5) is 15.9. The van der Waals surface area contributed by atoms with Crippen LogP contribution in [0.25, 0.3) is 11.3 Å². The molecule has 0 aromatic carbocycles. The highest BCUT2D eigenvalue weighted by molar-refractivity contribution is 9.10. The van der Waals surface area contributed by atoms with E-state index in [-0.39, 0.29) is 5.95 Å². The number of hydrogen-bond acceptors (Lipinski definition) is 5. The van der Waals surface area contributed by atoms with Crippen molar-refractivity contribution < 1.29 is 0 Å². The highest BCUT2D eigenvalue weighted by Gasteiger charge is 2.01. The largest absolute Gasteiger partial charge is 0.368 e. The van der Waals surface area contributed by atoms with Crippen molar-refractivity contribution in [3.8, 4) is 11.3 Å². The van der Waals surface area contributed by atoms with Gasteiger partial charge in [0.1, 0.15) is 4.60 Å². The smallest absolute Gasteiger partial charge is 0.219 e. The van der Waals surface area contributed by atoms with Gasteiger partial charge in [0.2, 0.25) is 5.95 Å². The Balaban J connectivity index is 2.44. The molecule has 2 N–H and O–H groups in total. The highest BCUT2D eigenvalue weighted by atomic mass is 79.9. The molecule has 2 aromatic heterocycles. The van der Waals surface area contributed by atoms with Crippen LogP contribution in [-0.2, 0) is 0 Å². The first kappa shape index (κ1) is 9.01. The lowest BCUT2D eigenvalue weighted by atomic mass is 10.2. The molecule has 2 rings (SSSR count). The number of nitrogens with zero attached hydrogens (tertiary/aromatic N) is 4. The normalized spacial score (nSPS) is 10.1. The topological polar surface area (TPSA) is 77.6 Å². The lowest BCUT2D eigenvalue weighted by Gasteiger charge is -1.99. The fraction of sp³-hybridized carbons (Fsp3) is 0. The van der Waals surface area contributed by atoms with E-state index in [0.717, 1.165) is 5.56 Å². The van der Waals surface area contributed by atoms with Crippen molar-refractivity contribution >= 4 is 21.9 Å². The van der Waals surface area contributed by atoms with Crippen LogP contribution in [0.2, 0.25) is 0 Å². The van der Waals surface area contributed by atoms with E-state index in [0.29, 0.717) is 10.3 Å². The van der Waals surface area contributed by atoms with Gasteiger partial charge in [-0.2, -0.15) is 0 Å². The van der Waals surface area contributed by atoms with Crippen molar-refractivity contribution in [1.82, 2.24) is 19.9 Å². The molecular formula is C8H6BrN5. The molecule has 2 heterocycles. The van der Waals surface area contributed by atoms with Crippen LogP contribution in [-0.4, -0.2) is 19.9 Å². The summed E-state index contributed by atoms with van der Waals surface area (Å²) in [5.41, 5.74) is 6.86. The lowest BCUT2D eigenvalue weighted by Crippen LogP contribution is -1.94. The van der Waals surface area contributed by atoms with Gasteiger partial charge in [0, 0.05) is 18.0 Å². The van der Waals surface area contributed by atoms with E-state index in [1.54, 1.807) is 24.8 Å². The molecular weight excluding hydrogens is 246 g/mol. The van der Waals surface area contributed by atoms with Crippen LogP contribution >= 0.6 is 15.9 Å². The molecule has 0 aliphatic carbocycles. The van der Waals surface area contributed by atoms with Crippen molar-refractivity contribution in [2.45, 2.75) is 0 Å². The van der Waals surface area contributed by atoms with Gasteiger partial charge in [-0.25, -0.2) is 15.0 Å². The second-order valence-corrected chi connectivity index (χ2v) is 3.37. The Bertz CT molecular complexity index is 442. The molecule has 70 valence electrons. The summed E-state index contributed by atoms with van der Waals surface area (Å²) in [5, 5.41) is 0. The van der Waals surface area contributed by atoms with E-state index < -0.39 is 0 Å². The van der Waals surface area contributed by atoms with E-state index in [9.17, 15) is 0 Å². The number of aromatic nitrogens is 4. The number of hydrogen-bond donors (Lipinski definition) is 1. The van der Waals surface area contributed by atoms with Gasteiger partial charge in [0.15, 0.2) is 0 Å². The minimum Gasteiger partial charge on any atom is -0.368 e. The maximum Gasteiger partial charge on any atom is 0.219 e. The third-order valence-corrected chi connectivity index (χ3v) is 1.95. The molecule has 0 spiro atoms. The number of rotatable bonds is 1. The van der Waals surface area contributed by atoms with Gasteiger partial charge >= 0.3 is 0 Å². The Morgan fingerprint density at radius 2 is 1.79 bits per heavy atom. The third-order valence-electron chi connectivity index (χ3n) is 1.57. The number of anilines is 1. The van der Waals surface area contributed by atoms with Gasteiger partial charge in [-0.15, -0.1) is 0 Å². The van der Waals surface area contributed by atoms with Gasteiger partial charge in [-0.3, -0.25) is 4.98 Å². The number of nitrogens with two attached hydrogens (primary N) is 1. The van der Waals surface area contributed by atoms with Crippen LogP contribution in [0.4, 0.5) is 5.95 Å². The van der Waals surface area contributed by atoms with E-state index in [1.165, 1.54) is 0 Å². The molecule has 5 nitrogen and oxygen atoms in total. The maximum absolute atomic E-state index is 5.37. The summed E-state index contributed by atoms with van der Waals surface area (Å²) in [6.07, 6.45) is 6.47. The van der Waals surface area contributed by atoms with Crippen LogP contribution in [0.15, 0.2) is 29.4 Å². The quantitative estimate of drug-likeness (QED) is 0.827. The van der Waals surface area contributed by atoms with Gasteiger partial charge in [0.05, 0.1) is 18.1 Å². The summed E-state index contributed by atoms with van der Waals surface area (Å²) in [6, 6.07) is 0. The van der Waals surface area contributed by atoms with E-state index in [4.69, 9.17) is 5.73 Å². The van der Waals surface area contributed by atoms with Crippen LogP contribution < -0.4 is 5.73 Å². The third kappa shape index (κ3) is 1.85. The predicted octanol–water partition coefficient (Wildman–Crippen LogP) is 1.28. The van der Waals surface area contributed by atoms with Crippen LogP contribution in [0.5, 0.6) is 0 Å². The Morgan fingerprint density at radius 1 is 1.07 bits per heavy atom. The van der Waals surface area contributed by atoms with Crippen LogP contribution in [0.3, 0.4) is 0 Å². The molecule has 0 bridgehead atoms. The van der Waals surface area contributed by atoms with E-state index in [2.05, 4.69) is 35.9 Å². The van der Waals surface area contributed by atoms with Crippen LogP contribution in [0.1, 0.15) is 0 Å². The van der Waals surface area contributed by atoms with Gasteiger partial charge in [0.25, 0.3) is 0 Å². The first-order chi connectivity index (χ1) is 6.75.